The van der Waals surface area contributed by atoms with Crippen LogP contribution in [0, 0.1) is 13.8 Å². The predicted molar refractivity (Wildman–Crippen MR) is 76.4 cm³/mol. The molecule has 4 nitrogen and oxygen atoms in total. The summed E-state index contributed by atoms with van der Waals surface area (Å²) in [7, 11) is 0. The van der Waals surface area contributed by atoms with Crippen LogP contribution in [-0.2, 0) is 0 Å². The molecule has 0 spiro atoms. The molecule has 1 heterocycles. The minimum atomic E-state index is 0.584. The van der Waals surface area contributed by atoms with Crippen LogP contribution in [0.15, 0.2) is 24.3 Å². The molecule has 0 aliphatic carbocycles. The number of thiazole rings is 1. The minimum Gasteiger partial charge on any atom is -0.492 e. The van der Waals surface area contributed by atoms with Gasteiger partial charge in [0.2, 0.25) is 0 Å². The van der Waals surface area contributed by atoms with E-state index in [4.69, 9.17) is 10.5 Å². The monoisotopic (exact) mass is 263 g/mol. The van der Waals surface area contributed by atoms with E-state index in [9.17, 15) is 0 Å². The summed E-state index contributed by atoms with van der Waals surface area (Å²) in [5, 5.41) is 4.19. The summed E-state index contributed by atoms with van der Waals surface area (Å²) in [5.41, 5.74) is 7.47. The molecular weight excluding hydrogens is 246 g/mol. The molecule has 0 radical (unpaired) electrons. The number of aryl methyl sites for hydroxylation is 2. The van der Waals surface area contributed by atoms with E-state index < -0.39 is 0 Å². The van der Waals surface area contributed by atoms with Gasteiger partial charge in [0.05, 0.1) is 12.2 Å². The Hall–Kier alpha value is -1.75. The number of nitrogen functional groups attached to an aromatic ring is 1. The van der Waals surface area contributed by atoms with Crippen LogP contribution < -0.4 is 15.8 Å². The van der Waals surface area contributed by atoms with Gasteiger partial charge in [0.25, 0.3) is 0 Å². The summed E-state index contributed by atoms with van der Waals surface area (Å²) in [6, 6.07) is 7.43. The molecule has 2 rings (SSSR count). The summed E-state index contributed by atoms with van der Waals surface area (Å²) < 4.78 is 5.58. The Labute approximate surface area is 111 Å². The van der Waals surface area contributed by atoms with E-state index in [1.54, 1.807) is 11.3 Å². The van der Waals surface area contributed by atoms with Gasteiger partial charge in [-0.05, 0) is 26.0 Å². The van der Waals surface area contributed by atoms with Gasteiger partial charge in [0.15, 0.2) is 5.13 Å². The molecule has 0 saturated carbocycles. The summed E-state index contributed by atoms with van der Waals surface area (Å²) >= 11 is 1.67. The minimum absolute atomic E-state index is 0.584. The Morgan fingerprint density at radius 1 is 1.39 bits per heavy atom. The van der Waals surface area contributed by atoms with Crippen LogP contribution in [0.5, 0.6) is 5.75 Å². The van der Waals surface area contributed by atoms with Crippen LogP contribution in [-0.4, -0.2) is 18.1 Å². The molecule has 0 aliphatic rings. The lowest BCUT2D eigenvalue weighted by Gasteiger charge is -2.07. The number of aromatic nitrogens is 1. The molecule has 2 aromatic rings. The van der Waals surface area contributed by atoms with Gasteiger partial charge in [-0.1, -0.05) is 6.07 Å². The lowest BCUT2D eigenvalue weighted by Crippen LogP contribution is -2.11. The molecule has 18 heavy (non-hydrogen) atoms. The maximum atomic E-state index is 5.67. The topological polar surface area (TPSA) is 60.2 Å². The summed E-state index contributed by atoms with van der Waals surface area (Å²) in [5.74, 6) is 0.795. The summed E-state index contributed by atoms with van der Waals surface area (Å²) in [6.45, 7) is 5.39. The molecule has 0 atom stereocenters. The third-order valence-electron chi connectivity index (χ3n) is 2.53. The molecule has 1 aromatic heterocycles. The van der Waals surface area contributed by atoms with Gasteiger partial charge in [-0.2, -0.15) is 0 Å². The van der Waals surface area contributed by atoms with Crippen molar-refractivity contribution < 1.29 is 4.74 Å². The zero-order chi connectivity index (χ0) is 13.0. The van der Waals surface area contributed by atoms with Crippen molar-refractivity contribution in [1.29, 1.82) is 0 Å². The Kier molecular flexibility index (Phi) is 4.04. The van der Waals surface area contributed by atoms with E-state index >= 15 is 0 Å². The second-order valence-corrected chi connectivity index (χ2v) is 5.21. The quantitative estimate of drug-likeness (QED) is 0.643. The molecule has 0 amide bonds. The normalized spacial score (nSPS) is 10.3. The number of nitrogens with two attached hydrogens (primary N) is 1. The Balaban J connectivity index is 1.76. The second-order valence-electron chi connectivity index (χ2n) is 4.01. The lowest BCUT2D eigenvalue weighted by molar-refractivity contribution is 0.333. The molecule has 0 saturated heterocycles. The largest absolute Gasteiger partial charge is 0.492 e. The highest BCUT2D eigenvalue weighted by atomic mass is 32.1. The molecule has 0 fully saturated rings. The van der Waals surface area contributed by atoms with Crippen molar-refractivity contribution >= 4 is 22.2 Å². The Bertz CT molecular complexity index is 505. The van der Waals surface area contributed by atoms with Crippen molar-refractivity contribution in [3.8, 4) is 5.75 Å². The summed E-state index contributed by atoms with van der Waals surface area (Å²) in [4.78, 5) is 5.65. The third-order valence-corrected chi connectivity index (χ3v) is 3.56. The number of nitrogens with zero attached hydrogens (tertiary/aromatic N) is 1. The van der Waals surface area contributed by atoms with E-state index in [2.05, 4.69) is 17.2 Å². The second kappa shape index (κ2) is 5.73. The Morgan fingerprint density at radius 2 is 2.22 bits per heavy atom. The van der Waals surface area contributed by atoms with Crippen LogP contribution >= 0.6 is 11.3 Å². The number of hydrogen-bond donors (Lipinski definition) is 2. The van der Waals surface area contributed by atoms with Crippen molar-refractivity contribution in [2.75, 3.05) is 24.2 Å². The highest BCUT2D eigenvalue weighted by Gasteiger charge is 2.02. The van der Waals surface area contributed by atoms with Crippen LogP contribution in [0.25, 0.3) is 0 Å². The first kappa shape index (κ1) is 12.7. The zero-order valence-corrected chi connectivity index (χ0v) is 11.4. The maximum absolute atomic E-state index is 5.67. The molecular formula is C13H17N3OS. The van der Waals surface area contributed by atoms with Gasteiger partial charge in [0, 0.05) is 16.6 Å². The van der Waals surface area contributed by atoms with E-state index in [0.29, 0.717) is 12.3 Å². The van der Waals surface area contributed by atoms with Crippen molar-refractivity contribution in [3.63, 3.8) is 0 Å². The Morgan fingerprint density at radius 3 is 2.89 bits per heavy atom. The smallest absolute Gasteiger partial charge is 0.183 e. The standard InChI is InChI=1S/C13H17N3OS/c1-9-10(2)18-13(16-9)15-6-7-17-12-5-3-4-11(14)8-12/h3-5,8H,6-7,14H2,1-2H3,(H,15,16). The number of hydrogen-bond acceptors (Lipinski definition) is 5. The maximum Gasteiger partial charge on any atom is 0.183 e. The van der Waals surface area contributed by atoms with Gasteiger partial charge in [-0.25, -0.2) is 4.98 Å². The van der Waals surface area contributed by atoms with Gasteiger partial charge in [-0.15, -0.1) is 11.3 Å². The molecule has 5 heteroatoms. The van der Waals surface area contributed by atoms with E-state index in [1.807, 2.05) is 31.2 Å². The number of benzene rings is 1. The van der Waals surface area contributed by atoms with Crippen LogP contribution in [0.1, 0.15) is 10.6 Å². The van der Waals surface area contributed by atoms with Crippen LogP contribution in [0.2, 0.25) is 0 Å². The number of nitrogens with one attached hydrogen (secondary N) is 1. The van der Waals surface area contributed by atoms with Gasteiger partial charge in [0.1, 0.15) is 12.4 Å². The van der Waals surface area contributed by atoms with Crippen LogP contribution in [0.4, 0.5) is 10.8 Å². The number of rotatable bonds is 5. The molecule has 3 N–H and O–H groups in total. The first-order chi connectivity index (χ1) is 8.65. The van der Waals surface area contributed by atoms with E-state index in [-0.39, 0.29) is 0 Å². The van der Waals surface area contributed by atoms with E-state index in [0.717, 1.165) is 23.1 Å². The van der Waals surface area contributed by atoms with Crippen molar-refractivity contribution in [3.05, 3.63) is 34.8 Å². The van der Waals surface area contributed by atoms with Gasteiger partial charge >= 0.3 is 0 Å². The molecule has 0 aliphatic heterocycles. The van der Waals surface area contributed by atoms with Crippen molar-refractivity contribution in [2.45, 2.75) is 13.8 Å². The zero-order valence-electron chi connectivity index (χ0n) is 10.6. The highest BCUT2D eigenvalue weighted by Crippen LogP contribution is 2.20. The highest BCUT2D eigenvalue weighted by molar-refractivity contribution is 7.15. The SMILES string of the molecule is Cc1nc(NCCOc2cccc(N)c2)sc1C. The predicted octanol–water partition coefficient (Wildman–Crippen LogP) is 2.83. The first-order valence-electron chi connectivity index (χ1n) is 5.81. The van der Waals surface area contributed by atoms with Crippen molar-refractivity contribution in [1.82, 2.24) is 4.98 Å². The van der Waals surface area contributed by atoms with Gasteiger partial charge < -0.3 is 15.8 Å². The molecule has 96 valence electrons. The molecule has 0 bridgehead atoms. The summed E-state index contributed by atoms with van der Waals surface area (Å²) in [6.07, 6.45) is 0. The fourth-order valence-electron chi connectivity index (χ4n) is 1.48. The van der Waals surface area contributed by atoms with Crippen molar-refractivity contribution in [2.24, 2.45) is 0 Å². The van der Waals surface area contributed by atoms with Crippen LogP contribution in [0.3, 0.4) is 0 Å². The van der Waals surface area contributed by atoms with Gasteiger partial charge in [-0.3, -0.25) is 0 Å². The fourth-order valence-corrected chi connectivity index (χ4v) is 2.32. The fraction of sp³-hybridized carbons (Fsp3) is 0.308. The van der Waals surface area contributed by atoms with E-state index in [1.165, 1.54) is 4.88 Å². The average Bonchev–Trinajstić information content (AvgIpc) is 2.65. The molecule has 0 unspecified atom stereocenters. The lowest BCUT2D eigenvalue weighted by atomic mass is 10.3. The first-order valence-corrected chi connectivity index (χ1v) is 6.63. The number of ether oxygens (including phenoxy) is 1. The third kappa shape index (κ3) is 3.37. The number of anilines is 2. The molecule has 1 aromatic carbocycles. The average molecular weight is 263 g/mol.